The Kier molecular flexibility index (Phi) is 5.14. The molecule has 0 saturated carbocycles. The van der Waals surface area contributed by atoms with Gasteiger partial charge >= 0.3 is 6.61 Å². The first-order chi connectivity index (χ1) is 9.97. The molecule has 0 aliphatic heterocycles. The monoisotopic (exact) mass is 315 g/mol. The Morgan fingerprint density at radius 3 is 2.48 bits per heavy atom. The quantitative estimate of drug-likeness (QED) is 0.889. The summed E-state index contributed by atoms with van der Waals surface area (Å²) in [7, 11) is 1.79. The molecule has 21 heavy (non-hydrogen) atoms. The van der Waals surface area contributed by atoms with Crippen LogP contribution in [-0.4, -0.2) is 16.4 Å². The van der Waals surface area contributed by atoms with Crippen molar-refractivity contribution in [3.05, 3.63) is 46.2 Å². The Hall–Kier alpha value is -1.66. The molecule has 114 valence electrons. The largest absolute Gasteiger partial charge is 0.435 e. The Labute approximate surface area is 126 Å². The van der Waals surface area contributed by atoms with Crippen LogP contribution in [-0.2, 0) is 20.1 Å². The van der Waals surface area contributed by atoms with Crippen molar-refractivity contribution in [1.82, 2.24) is 15.1 Å². The number of alkyl halides is 2. The Balaban J connectivity index is 1.88. The second-order valence-corrected chi connectivity index (χ2v) is 4.96. The van der Waals surface area contributed by atoms with Crippen molar-refractivity contribution in [2.24, 2.45) is 7.05 Å². The van der Waals surface area contributed by atoms with E-state index in [9.17, 15) is 8.78 Å². The summed E-state index contributed by atoms with van der Waals surface area (Å²) in [4.78, 5) is 0. The van der Waals surface area contributed by atoms with E-state index in [1.54, 1.807) is 23.9 Å². The predicted octanol–water partition coefficient (Wildman–Crippen LogP) is 3.27. The lowest BCUT2D eigenvalue weighted by Gasteiger charge is -2.07. The Morgan fingerprint density at radius 1 is 1.29 bits per heavy atom. The summed E-state index contributed by atoms with van der Waals surface area (Å²) in [6, 6.07) is 6.52. The fourth-order valence-corrected chi connectivity index (χ4v) is 2.24. The molecule has 4 nitrogen and oxygen atoms in total. The van der Waals surface area contributed by atoms with Gasteiger partial charge in [-0.15, -0.1) is 0 Å². The zero-order chi connectivity index (χ0) is 15.4. The van der Waals surface area contributed by atoms with E-state index in [2.05, 4.69) is 15.2 Å². The lowest BCUT2D eigenvalue weighted by molar-refractivity contribution is -0.0498. The van der Waals surface area contributed by atoms with Gasteiger partial charge in [-0.3, -0.25) is 4.68 Å². The first-order valence-electron chi connectivity index (χ1n) is 6.40. The summed E-state index contributed by atoms with van der Waals surface area (Å²) in [5, 5.41) is 8.09. The van der Waals surface area contributed by atoms with Crippen LogP contribution >= 0.6 is 11.6 Å². The van der Waals surface area contributed by atoms with Gasteiger partial charge in [0.15, 0.2) is 0 Å². The van der Waals surface area contributed by atoms with Gasteiger partial charge in [0.2, 0.25) is 0 Å². The van der Waals surface area contributed by atoms with E-state index in [1.807, 2.05) is 6.92 Å². The number of hydrogen-bond acceptors (Lipinski definition) is 3. The maximum absolute atomic E-state index is 12.0. The number of halogens is 3. The van der Waals surface area contributed by atoms with E-state index >= 15 is 0 Å². The highest BCUT2D eigenvalue weighted by molar-refractivity contribution is 6.30. The van der Waals surface area contributed by atoms with Gasteiger partial charge in [-0.05, 0) is 24.6 Å². The number of aryl methyl sites for hydroxylation is 2. The van der Waals surface area contributed by atoms with Crippen LogP contribution in [0.4, 0.5) is 8.78 Å². The van der Waals surface area contributed by atoms with Crippen LogP contribution in [0.15, 0.2) is 24.3 Å². The summed E-state index contributed by atoms with van der Waals surface area (Å²) in [6.07, 6.45) is 0. The van der Waals surface area contributed by atoms with E-state index in [1.165, 1.54) is 12.1 Å². The van der Waals surface area contributed by atoms with E-state index in [0.29, 0.717) is 18.2 Å². The molecule has 1 N–H and O–H groups in total. The molecule has 0 saturated heterocycles. The van der Waals surface area contributed by atoms with E-state index < -0.39 is 6.61 Å². The van der Waals surface area contributed by atoms with Crippen molar-refractivity contribution in [2.45, 2.75) is 26.6 Å². The van der Waals surface area contributed by atoms with Crippen molar-refractivity contribution in [2.75, 3.05) is 0 Å². The number of hydrogen-bond donors (Lipinski definition) is 1. The maximum Gasteiger partial charge on any atom is 0.387 e. The van der Waals surface area contributed by atoms with Gasteiger partial charge in [0.05, 0.1) is 5.69 Å². The molecule has 0 radical (unpaired) electrons. The highest BCUT2D eigenvalue weighted by atomic mass is 35.5. The molecular weight excluding hydrogens is 300 g/mol. The zero-order valence-electron chi connectivity index (χ0n) is 11.7. The fraction of sp³-hybridized carbons (Fsp3) is 0.357. The molecule has 1 aromatic carbocycles. The fourth-order valence-electron chi connectivity index (χ4n) is 2.00. The van der Waals surface area contributed by atoms with Crippen molar-refractivity contribution in [1.29, 1.82) is 0 Å². The minimum Gasteiger partial charge on any atom is -0.435 e. The molecule has 0 spiro atoms. The Morgan fingerprint density at radius 2 is 1.95 bits per heavy atom. The summed E-state index contributed by atoms with van der Waals surface area (Å²) >= 11 is 6.14. The van der Waals surface area contributed by atoms with E-state index in [0.717, 1.165) is 16.8 Å². The van der Waals surface area contributed by atoms with Gasteiger partial charge in [-0.2, -0.15) is 13.9 Å². The normalized spacial score (nSPS) is 11.1. The van der Waals surface area contributed by atoms with Crippen molar-refractivity contribution in [3.63, 3.8) is 0 Å². The number of nitrogens with one attached hydrogen (secondary N) is 1. The van der Waals surface area contributed by atoms with Crippen LogP contribution in [0.25, 0.3) is 0 Å². The molecule has 0 bridgehead atoms. The van der Waals surface area contributed by atoms with Gasteiger partial charge in [-0.1, -0.05) is 23.7 Å². The van der Waals surface area contributed by atoms with Gasteiger partial charge < -0.3 is 10.1 Å². The Bertz CT molecular complexity index is 599. The molecule has 0 amide bonds. The second-order valence-electron chi connectivity index (χ2n) is 4.60. The summed E-state index contributed by atoms with van der Waals surface area (Å²) < 4.78 is 30.0. The van der Waals surface area contributed by atoms with Crippen molar-refractivity contribution < 1.29 is 13.5 Å². The molecule has 1 aromatic heterocycles. The van der Waals surface area contributed by atoms with Crippen molar-refractivity contribution in [3.8, 4) is 5.75 Å². The molecular formula is C14H16ClF2N3O. The predicted molar refractivity (Wildman–Crippen MR) is 76.6 cm³/mol. The molecule has 0 aliphatic rings. The highest BCUT2D eigenvalue weighted by Gasteiger charge is 2.10. The number of nitrogens with zero attached hydrogens (tertiary/aromatic N) is 2. The van der Waals surface area contributed by atoms with Crippen LogP contribution in [0.2, 0.25) is 5.15 Å². The third kappa shape index (κ3) is 4.15. The molecule has 0 unspecified atom stereocenters. The second kappa shape index (κ2) is 6.87. The number of ether oxygens (including phenoxy) is 1. The number of rotatable bonds is 6. The highest BCUT2D eigenvalue weighted by Crippen LogP contribution is 2.19. The third-order valence-corrected chi connectivity index (χ3v) is 3.52. The van der Waals surface area contributed by atoms with E-state index in [-0.39, 0.29) is 5.75 Å². The SMILES string of the molecule is Cc1nn(C)c(Cl)c1CNCc1ccc(OC(F)F)cc1. The summed E-state index contributed by atoms with van der Waals surface area (Å²) in [5.74, 6) is 0.153. The van der Waals surface area contributed by atoms with Gasteiger partial charge in [-0.25, -0.2) is 0 Å². The summed E-state index contributed by atoms with van der Waals surface area (Å²) in [5.41, 5.74) is 2.81. The zero-order valence-corrected chi connectivity index (χ0v) is 12.5. The standard InChI is InChI=1S/C14H16ClF2N3O/c1-9-12(13(15)20(2)19-9)8-18-7-10-3-5-11(6-4-10)21-14(16)17/h3-6,14,18H,7-8H2,1-2H3. The first-order valence-corrected chi connectivity index (χ1v) is 6.77. The van der Waals surface area contributed by atoms with Crippen LogP contribution in [0.1, 0.15) is 16.8 Å². The first kappa shape index (κ1) is 15.7. The molecule has 1 heterocycles. The smallest absolute Gasteiger partial charge is 0.387 e. The molecule has 2 rings (SSSR count). The van der Waals surface area contributed by atoms with Crippen LogP contribution in [0.5, 0.6) is 5.75 Å². The van der Waals surface area contributed by atoms with E-state index in [4.69, 9.17) is 11.6 Å². The third-order valence-electron chi connectivity index (χ3n) is 3.05. The molecule has 0 fully saturated rings. The topological polar surface area (TPSA) is 39.1 Å². The molecule has 0 aliphatic carbocycles. The van der Waals surface area contributed by atoms with Gasteiger partial charge in [0.1, 0.15) is 10.9 Å². The van der Waals surface area contributed by atoms with Gasteiger partial charge in [0.25, 0.3) is 0 Å². The maximum atomic E-state index is 12.0. The average Bonchev–Trinajstić information content (AvgIpc) is 2.66. The molecule has 0 atom stereocenters. The molecule has 2 aromatic rings. The van der Waals surface area contributed by atoms with Crippen molar-refractivity contribution >= 4 is 11.6 Å². The lowest BCUT2D eigenvalue weighted by atomic mass is 10.2. The van der Waals surface area contributed by atoms with Crippen LogP contribution < -0.4 is 10.1 Å². The van der Waals surface area contributed by atoms with Gasteiger partial charge in [0, 0.05) is 25.7 Å². The minimum atomic E-state index is -2.80. The number of benzene rings is 1. The molecule has 7 heteroatoms. The summed E-state index contributed by atoms with van der Waals surface area (Å²) in [6.45, 7) is 0.289. The minimum absolute atomic E-state index is 0.153. The van der Waals surface area contributed by atoms with Crippen LogP contribution in [0.3, 0.4) is 0 Å². The average molecular weight is 316 g/mol. The van der Waals surface area contributed by atoms with Crippen LogP contribution in [0, 0.1) is 6.92 Å². The number of aromatic nitrogens is 2. The lowest BCUT2D eigenvalue weighted by Crippen LogP contribution is -2.13.